The maximum absolute atomic E-state index is 12.0. The quantitative estimate of drug-likeness (QED) is 0.733. The van der Waals surface area contributed by atoms with E-state index in [4.69, 9.17) is 5.73 Å². The van der Waals surface area contributed by atoms with Gasteiger partial charge in [0, 0.05) is 6.61 Å². The van der Waals surface area contributed by atoms with Crippen molar-refractivity contribution in [2.75, 3.05) is 18.9 Å². The van der Waals surface area contributed by atoms with Gasteiger partial charge in [-0.2, -0.15) is 0 Å². The standard InChI is InChI=1S/C16H27NO3S/c1-3-9-21(19,20)16-7-5-15(6-8-16)14(4-2)10-13(11-17)12-18/h5-8,13-14,18H,3-4,9-12,17H2,1-2H3. The molecule has 0 aliphatic carbocycles. The summed E-state index contributed by atoms with van der Waals surface area (Å²) in [6.45, 7) is 4.52. The molecule has 4 nitrogen and oxygen atoms in total. The van der Waals surface area contributed by atoms with Gasteiger partial charge in [0.1, 0.15) is 0 Å². The third kappa shape index (κ3) is 5.09. The highest BCUT2D eigenvalue weighted by Crippen LogP contribution is 2.28. The van der Waals surface area contributed by atoms with Gasteiger partial charge in [0.15, 0.2) is 9.84 Å². The molecular formula is C16H27NO3S. The Kier molecular flexibility index (Phi) is 7.35. The molecule has 0 aliphatic rings. The van der Waals surface area contributed by atoms with Gasteiger partial charge in [-0.1, -0.05) is 26.0 Å². The fourth-order valence-corrected chi connectivity index (χ4v) is 3.84. The fourth-order valence-electron chi connectivity index (χ4n) is 2.52. The van der Waals surface area contributed by atoms with Gasteiger partial charge in [0.05, 0.1) is 10.6 Å². The molecule has 120 valence electrons. The second-order valence-electron chi connectivity index (χ2n) is 5.51. The highest BCUT2D eigenvalue weighted by atomic mass is 32.2. The predicted octanol–water partition coefficient (Wildman–Crippen LogP) is 2.32. The average Bonchev–Trinajstić information content (AvgIpc) is 2.49. The summed E-state index contributed by atoms with van der Waals surface area (Å²) in [5.41, 5.74) is 6.75. The number of hydrogen-bond donors (Lipinski definition) is 2. The molecule has 1 rings (SSSR count). The van der Waals surface area contributed by atoms with Crippen molar-refractivity contribution in [2.45, 2.75) is 43.9 Å². The van der Waals surface area contributed by atoms with E-state index in [1.54, 1.807) is 12.1 Å². The minimum Gasteiger partial charge on any atom is -0.396 e. The van der Waals surface area contributed by atoms with E-state index < -0.39 is 9.84 Å². The summed E-state index contributed by atoms with van der Waals surface area (Å²) in [5.74, 6) is 0.579. The highest BCUT2D eigenvalue weighted by molar-refractivity contribution is 7.91. The van der Waals surface area contributed by atoms with Crippen molar-refractivity contribution in [3.05, 3.63) is 29.8 Å². The number of rotatable bonds is 9. The lowest BCUT2D eigenvalue weighted by Crippen LogP contribution is -2.20. The topological polar surface area (TPSA) is 80.4 Å². The number of sulfone groups is 1. The predicted molar refractivity (Wildman–Crippen MR) is 86.1 cm³/mol. The molecule has 0 amide bonds. The summed E-state index contributed by atoms with van der Waals surface area (Å²) >= 11 is 0. The van der Waals surface area contributed by atoms with Crippen LogP contribution >= 0.6 is 0 Å². The minimum absolute atomic E-state index is 0.0932. The largest absolute Gasteiger partial charge is 0.396 e. The molecule has 0 spiro atoms. The normalized spacial score (nSPS) is 14.9. The lowest BCUT2D eigenvalue weighted by Gasteiger charge is -2.20. The van der Waals surface area contributed by atoms with Gasteiger partial charge in [-0.05, 0) is 55.3 Å². The molecule has 0 fully saturated rings. The van der Waals surface area contributed by atoms with Crippen LogP contribution < -0.4 is 5.73 Å². The third-order valence-corrected chi connectivity index (χ3v) is 5.82. The highest BCUT2D eigenvalue weighted by Gasteiger charge is 2.17. The summed E-state index contributed by atoms with van der Waals surface area (Å²) in [5, 5.41) is 9.27. The first-order chi connectivity index (χ1) is 9.98. The number of aliphatic hydroxyl groups is 1. The van der Waals surface area contributed by atoms with Crippen LogP contribution in [-0.2, 0) is 9.84 Å². The zero-order valence-corrected chi connectivity index (χ0v) is 13.8. The van der Waals surface area contributed by atoms with Crippen LogP contribution in [0.2, 0.25) is 0 Å². The fraction of sp³-hybridized carbons (Fsp3) is 0.625. The van der Waals surface area contributed by atoms with Crippen LogP contribution in [-0.4, -0.2) is 32.4 Å². The first-order valence-electron chi connectivity index (χ1n) is 7.62. The molecule has 0 saturated heterocycles. The van der Waals surface area contributed by atoms with Crippen LogP contribution in [0.25, 0.3) is 0 Å². The zero-order chi connectivity index (χ0) is 15.9. The first-order valence-corrected chi connectivity index (χ1v) is 9.27. The van der Waals surface area contributed by atoms with E-state index in [2.05, 4.69) is 6.92 Å². The SMILES string of the molecule is CCCS(=O)(=O)c1ccc(C(CC)CC(CN)CO)cc1. The molecule has 1 aromatic carbocycles. The Morgan fingerprint density at radius 1 is 1.19 bits per heavy atom. The monoisotopic (exact) mass is 313 g/mol. The summed E-state index contributed by atoms with van der Waals surface area (Å²) in [7, 11) is -3.15. The van der Waals surface area contributed by atoms with E-state index in [0.717, 1.165) is 18.4 Å². The van der Waals surface area contributed by atoms with Gasteiger partial charge in [-0.3, -0.25) is 0 Å². The Hall–Kier alpha value is -0.910. The molecule has 0 heterocycles. The summed E-state index contributed by atoms with van der Waals surface area (Å²) in [6, 6.07) is 7.17. The molecule has 2 unspecified atom stereocenters. The van der Waals surface area contributed by atoms with Crippen molar-refractivity contribution in [1.29, 1.82) is 0 Å². The Balaban J connectivity index is 2.89. The van der Waals surface area contributed by atoms with E-state index in [-0.39, 0.29) is 18.3 Å². The number of nitrogens with two attached hydrogens (primary N) is 1. The van der Waals surface area contributed by atoms with Crippen molar-refractivity contribution >= 4 is 9.84 Å². The third-order valence-electron chi connectivity index (χ3n) is 3.89. The first kappa shape index (κ1) is 18.1. The van der Waals surface area contributed by atoms with Gasteiger partial charge >= 0.3 is 0 Å². The molecule has 21 heavy (non-hydrogen) atoms. The van der Waals surface area contributed by atoms with E-state index in [1.165, 1.54) is 0 Å². The van der Waals surface area contributed by atoms with Crippen molar-refractivity contribution in [1.82, 2.24) is 0 Å². The molecule has 0 aromatic heterocycles. The van der Waals surface area contributed by atoms with Crippen LogP contribution in [0.3, 0.4) is 0 Å². The maximum Gasteiger partial charge on any atom is 0.178 e. The molecule has 0 aliphatic heterocycles. The van der Waals surface area contributed by atoms with Crippen molar-refractivity contribution in [3.63, 3.8) is 0 Å². The Bertz CT molecular complexity index is 507. The van der Waals surface area contributed by atoms with E-state index in [1.807, 2.05) is 19.1 Å². The minimum atomic E-state index is -3.15. The summed E-state index contributed by atoms with van der Waals surface area (Å²) in [4.78, 5) is 0.389. The second-order valence-corrected chi connectivity index (χ2v) is 7.62. The van der Waals surface area contributed by atoms with Crippen LogP contribution in [0, 0.1) is 5.92 Å². The maximum atomic E-state index is 12.0. The molecule has 0 saturated carbocycles. The van der Waals surface area contributed by atoms with Crippen LogP contribution in [0.15, 0.2) is 29.2 Å². The van der Waals surface area contributed by atoms with E-state index in [9.17, 15) is 13.5 Å². The Morgan fingerprint density at radius 2 is 1.81 bits per heavy atom. The van der Waals surface area contributed by atoms with Crippen LogP contribution in [0.4, 0.5) is 0 Å². The molecule has 5 heteroatoms. The Morgan fingerprint density at radius 3 is 2.24 bits per heavy atom. The lowest BCUT2D eigenvalue weighted by molar-refractivity contribution is 0.214. The molecule has 3 N–H and O–H groups in total. The van der Waals surface area contributed by atoms with E-state index in [0.29, 0.717) is 23.8 Å². The van der Waals surface area contributed by atoms with Gasteiger partial charge in [-0.25, -0.2) is 8.42 Å². The van der Waals surface area contributed by atoms with Crippen molar-refractivity contribution in [3.8, 4) is 0 Å². The summed E-state index contributed by atoms with van der Waals surface area (Å²) in [6.07, 6.45) is 2.39. The smallest absolute Gasteiger partial charge is 0.178 e. The zero-order valence-electron chi connectivity index (χ0n) is 13.0. The van der Waals surface area contributed by atoms with Crippen molar-refractivity contribution in [2.24, 2.45) is 11.7 Å². The molecule has 2 atom stereocenters. The Labute approximate surface area is 128 Å². The van der Waals surface area contributed by atoms with E-state index >= 15 is 0 Å². The number of hydrogen-bond acceptors (Lipinski definition) is 4. The second kappa shape index (κ2) is 8.51. The van der Waals surface area contributed by atoms with Gasteiger partial charge in [0.25, 0.3) is 0 Å². The van der Waals surface area contributed by atoms with Gasteiger partial charge in [-0.15, -0.1) is 0 Å². The van der Waals surface area contributed by atoms with Gasteiger partial charge in [0.2, 0.25) is 0 Å². The van der Waals surface area contributed by atoms with Crippen LogP contribution in [0.1, 0.15) is 44.6 Å². The lowest BCUT2D eigenvalue weighted by atomic mass is 9.87. The molecular weight excluding hydrogens is 286 g/mol. The molecule has 0 bridgehead atoms. The number of benzene rings is 1. The average molecular weight is 313 g/mol. The van der Waals surface area contributed by atoms with Gasteiger partial charge < -0.3 is 10.8 Å². The van der Waals surface area contributed by atoms with Crippen LogP contribution in [0.5, 0.6) is 0 Å². The number of aliphatic hydroxyl groups excluding tert-OH is 1. The molecule has 0 radical (unpaired) electrons. The van der Waals surface area contributed by atoms with Crippen molar-refractivity contribution < 1.29 is 13.5 Å². The summed E-state index contributed by atoms with van der Waals surface area (Å²) < 4.78 is 24.0. The molecule has 1 aromatic rings.